The van der Waals surface area contributed by atoms with Crippen LogP contribution in [0.1, 0.15) is 31.9 Å². The highest BCUT2D eigenvalue weighted by molar-refractivity contribution is 5.54. The summed E-state index contributed by atoms with van der Waals surface area (Å²) in [6.45, 7) is 6.59. The minimum Gasteiger partial charge on any atom is -0.480 e. The summed E-state index contributed by atoms with van der Waals surface area (Å²) in [6, 6.07) is -0.0299. The Labute approximate surface area is 106 Å². The lowest BCUT2D eigenvalue weighted by molar-refractivity contribution is 0.378. The van der Waals surface area contributed by atoms with Gasteiger partial charge in [0.05, 0.1) is 5.69 Å². The maximum absolute atomic E-state index is 9.96. The molecule has 2 heterocycles. The first-order chi connectivity index (χ1) is 8.77. The van der Waals surface area contributed by atoms with Crippen LogP contribution in [0.2, 0.25) is 0 Å². The Morgan fingerprint density at radius 3 is 2.89 bits per heavy atom. The zero-order valence-electron chi connectivity index (χ0n) is 10.5. The first-order valence-corrected chi connectivity index (χ1v) is 6.16. The highest BCUT2D eigenvalue weighted by atomic mass is 16.3. The highest BCUT2D eigenvalue weighted by Gasteiger charge is 2.20. The minimum absolute atomic E-state index is 0.0299. The normalized spacial score (nSPS) is 10.9. The van der Waals surface area contributed by atoms with Crippen molar-refractivity contribution in [2.24, 2.45) is 0 Å². The van der Waals surface area contributed by atoms with Crippen LogP contribution >= 0.6 is 0 Å². The zero-order valence-corrected chi connectivity index (χ0v) is 10.5. The van der Waals surface area contributed by atoms with E-state index in [1.54, 1.807) is 10.6 Å². The largest absolute Gasteiger partial charge is 0.480 e. The van der Waals surface area contributed by atoms with Gasteiger partial charge in [0.25, 0.3) is 6.01 Å². The fourth-order valence-corrected chi connectivity index (χ4v) is 1.97. The maximum Gasteiger partial charge on any atom is 0.296 e. The highest BCUT2D eigenvalue weighted by Crippen LogP contribution is 2.24. The maximum atomic E-state index is 9.96. The molecule has 0 aromatic heterocycles. The van der Waals surface area contributed by atoms with Gasteiger partial charge in [0.15, 0.2) is 5.69 Å². The molecule has 0 aromatic carbocycles. The van der Waals surface area contributed by atoms with Crippen LogP contribution in [0.3, 0.4) is 0 Å². The van der Waals surface area contributed by atoms with Crippen LogP contribution < -0.4 is 0 Å². The number of nitrogens with zero attached hydrogens (tertiary/aromatic N) is 5. The summed E-state index contributed by atoms with van der Waals surface area (Å²) < 4.78 is 1.77. The van der Waals surface area contributed by atoms with Crippen molar-refractivity contribution in [1.82, 2.24) is 25.0 Å². The van der Waals surface area contributed by atoms with Crippen molar-refractivity contribution in [3.05, 3.63) is 18.3 Å². The molecule has 6 nitrogen and oxygen atoms in total. The number of fused-ring (bicyclic) bond motifs is 1. The Morgan fingerprint density at radius 1 is 1.33 bits per heavy atom. The molecule has 2 rings (SSSR count). The second-order valence-electron chi connectivity index (χ2n) is 4.17. The van der Waals surface area contributed by atoms with Crippen molar-refractivity contribution in [1.29, 1.82) is 0 Å². The van der Waals surface area contributed by atoms with Crippen LogP contribution in [0.15, 0.2) is 12.7 Å². The SMILES string of the molecule is C=CCc1c2nnnc-2nc(O)n1CCCCC. The number of aromatic hydroxyl groups is 1. The van der Waals surface area contributed by atoms with E-state index >= 15 is 0 Å². The summed E-state index contributed by atoms with van der Waals surface area (Å²) in [5, 5.41) is 21.3. The number of aromatic nitrogens is 5. The molecule has 0 aliphatic carbocycles. The van der Waals surface area contributed by atoms with E-state index in [1.165, 1.54) is 0 Å². The van der Waals surface area contributed by atoms with Gasteiger partial charge >= 0.3 is 0 Å². The topological polar surface area (TPSA) is 76.7 Å². The van der Waals surface area contributed by atoms with E-state index in [0.717, 1.165) is 31.5 Å². The van der Waals surface area contributed by atoms with Gasteiger partial charge < -0.3 is 5.11 Å². The van der Waals surface area contributed by atoms with Gasteiger partial charge in [0.1, 0.15) is 0 Å². The van der Waals surface area contributed by atoms with Gasteiger partial charge in [-0.15, -0.1) is 16.8 Å². The third-order valence-corrected chi connectivity index (χ3v) is 2.87. The summed E-state index contributed by atoms with van der Waals surface area (Å²) in [6.07, 6.45) is 5.63. The first-order valence-electron chi connectivity index (χ1n) is 6.16. The van der Waals surface area contributed by atoms with E-state index in [4.69, 9.17) is 0 Å². The molecule has 2 aliphatic rings. The predicted molar refractivity (Wildman–Crippen MR) is 67.3 cm³/mol. The van der Waals surface area contributed by atoms with Gasteiger partial charge in [-0.25, -0.2) is 0 Å². The van der Waals surface area contributed by atoms with E-state index in [2.05, 4.69) is 33.9 Å². The van der Waals surface area contributed by atoms with E-state index in [-0.39, 0.29) is 6.01 Å². The van der Waals surface area contributed by atoms with Gasteiger partial charge in [-0.1, -0.05) is 25.8 Å². The van der Waals surface area contributed by atoms with Crippen LogP contribution in [0.5, 0.6) is 6.01 Å². The summed E-state index contributed by atoms with van der Waals surface area (Å²) in [5.41, 5.74) is 1.51. The smallest absolute Gasteiger partial charge is 0.296 e. The third-order valence-electron chi connectivity index (χ3n) is 2.87. The second kappa shape index (κ2) is 5.57. The number of allylic oxidation sites excluding steroid dienone is 1. The van der Waals surface area contributed by atoms with Gasteiger partial charge in [0.2, 0.25) is 5.82 Å². The molecule has 0 unspecified atom stereocenters. The molecule has 2 aliphatic heterocycles. The molecule has 0 atom stereocenters. The lowest BCUT2D eigenvalue weighted by Crippen LogP contribution is -2.11. The molecule has 0 spiro atoms. The molecule has 0 saturated heterocycles. The molecule has 0 radical (unpaired) electrons. The van der Waals surface area contributed by atoms with E-state index in [1.807, 2.05) is 0 Å². The van der Waals surface area contributed by atoms with E-state index < -0.39 is 0 Å². The average Bonchev–Trinajstić information content (AvgIpc) is 2.80. The van der Waals surface area contributed by atoms with Gasteiger partial charge in [-0.05, 0) is 11.6 Å². The molecule has 96 valence electrons. The third kappa shape index (κ3) is 2.32. The summed E-state index contributed by atoms with van der Waals surface area (Å²) in [7, 11) is 0. The lowest BCUT2D eigenvalue weighted by Gasteiger charge is -2.15. The van der Waals surface area contributed by atoms with Crippen molar-refractivity contribution in [2.75, 3.05) is 0 Å². The monoisotopic (exact) mass is 247 g/mol. The number of hydrogen-bond donors (Lipinski definition) is 1. The quantitative estimate of drug-likeness (QED) is 0.622. The Balaban J connectivity index is 2.40. The molecule has 1 N–H and O–H groups in total. The Bertz CT molecular complexity index is 508. The van der Waals surface area contributed by atoms with Crippen molar-refractivity contribution in [3.8, 4) is 17.5 Å². The minimum atomic E-state index is -0.0299. The average molecular weight is 247 g/mol. The molecule has 0 fully saturated rings. The summed E-state index contributed by atoms with van der Waals surface area (Å²) in [4.78, 5) is 4.01. The molecule has 18 heavy (non-hydrogen) atoms. The second-order valence-corrected chi connectivity index (χ2v) is 4.17. The van der Waals surface area contributed by atoms with E-state index in [0.29, 0.717) is 17.9 Å². The van der Waals surface area contributed by atoms with Crippen LogP contribution in [0, 0.1) is 0 Å². The lowest BCUT2D eigenvalue weighted by atomic mass is 10.2. The van der Waals surface area contributed by atoms with Crippen LogP contribution in [0.4, 0.5) is 0 Å². The number of hydrogen-bond acceptors (Lipinski definition) is 5. The fourth-order valence-electron chi connectivity index (χ4n) is 1.97. The van der Waals surface area contributed by atoms with Crippen molar-refractivity contribution in [2.45, 2.75) is 39.2 Å². The first kappa shape index (κ1) is 12.5. The molecule has 6 heteroatoms. The van der Waals surface area contributed by atoms with Crippen molar-refractivity contribution in [3.63, 3.8) is 0 Å². The van der Waals surface area contributed by atoms with Crippen LogP contribution in [-0.4, -0.2) is 30.1 Å². The summed E-state index contributed by atoms with van der Waals surface area (Å²) in [5.74, 6) is 0.385. The fraction of sp³-hybridized carbons (Fsp3) is 0.500. The zero-order chi connectivity index (χ0) is 13.0. The molecular formula is C12H17N5O. The van der Waals surface area contributed by atoms with E-state index in [9.17, 15) is 5.11 Å². The molecule has 0 amide bonds. The molecule has 0 aromatic rings. The molecule has 0 saturated carbocycles. The van der Waals surface area contributed by atoms with Crippen molar-refractivity contribution < 1.29 is 5.11 Å². The van der Waals surface area contributed by atoms with Gasteiger partial charge in [0, 0.05) is 13.0 Å². The Kier molecular flexibility index (Phi) is 3.86. The Morgan fingerprint density at radius 2 is 2.17 bits per heavy atom. The number of unbranched alkanes of at least 4 members (excludes halogenated alkanes) is 2. The molecule has 0 bridgehead atoms. The Hall–Kier alpha value is -1.98. The van der Waals surface area contributed by atoms with Crippen LogP contribution in [-0.2, 0) is 13.0 Å². The van der Waals surface area contributed by atoms with Crippen molar-refractivity contribution >= 4 is 0 Å². The number of rotatable bonds is 6. The van der Waals surface area contributed by atoms with Gasteiger partial charge in [-0.2, -0.15) is 4.98 Å². The standard InChI is InChI=1S/C12H17N5O/c1-3-5-6-8-17-9(7-4-2)10-11(13-12(17)18)15-16-14-10/h4H,2-3,5-8H2,1H3,(H,13,14,15,18). The van der Waals surface area contributed by atoms with Gasteiger partial charge in [-0.3, -0.25) is 4.57 Å². The molecular weight excluding hydrogens is 230 g/mol. The predicted octanol–water partition coefficient (Wildman–Crippen LogP) is 1.80. The van der Waals surface area contributed by atoms with Crippen LogP contribution in [0.25, 0.3) is 11.5 Å². The summed E-state index contributed by atoms with van der Waals surface area (Å²) >= 11 is 0.